The van der Waals surface area contributed by atoms with Crippen molar-refractivity contribution < 1.29 is 9.66 Å². The molecule has 0 aliphatic heterocycles. The molecule has 2 rings (SSSR count). The van der Waals surface area contributed by atoms with Gasteiger partial charge < -0.3 is 4.74 Å². The van der Waals surface area contributed by atoms with Crippen LogP contribution in [0.2, 0.25) is 0 Å². The van der Waals surface area contributed by atoms with Gasteiger partial charge in [0, 0.05) is 17.7 Å². The number of nitro groups is 1. The minimum atomic E-state index is -0.477. The van der Waals surface area contributed by atoms with Gasteiger partial charge in [-0.2, -0.15) is 0 Å². The van der Waals surface area contributed by atoms with Gasteiger partial charge in [-0.3, -0.25) is 10.1 Å². The Labute approximate surface area is 130 Å². The SMILES string of the molecule is Cc1ccc(C(C)(C)C)c(Oc2ccc([N+](=O)[O-])cn2)c1C. The summed E-state index contributed by atoms with van der Waals surface area (Å²) >= 11 is 0. The first kappa shape index (κ1) is 15.9. The highest BCUT2D eigenvalue weighted by Gasteiger charge is 2.22. The number of benzene rings is 1. The van der Waals surface area contributed by atoms with Crippen molar-refractivity contribution in [3.63, 3.8) is 0 Å². The first-order valence-corrected chi connectivity index (χ1v) is 7.09. The van der Waals surface area contributed by atoms with Gasteiger partial charge in [-0.15, -0.1) is 0 Å². The maximum Gasteiger partial charge on any atom is 0.287 e. The van der Waals surface area contributed by atoms with E-state index >= 15 is 0 Å². The van der Waals surface area contributed by atoms with Crippen molar-refractivity contribution in [2.45, 2.75) is 40.0 Å². The molecule has 2 aromatic rings. The van der Waals surface area contributed by atoms with E-state index in [-0.39, 0.29) is 11.1 Å². The smallest absolute Gasteiger partial charge is 0.287 e. The fraction of sp³-hybridized carbons (Fsp3) is 0.353. The number of nitrogens with zero attached hydrogens (tertiary/aromatic N) is 2. The quantitative estimate of drug-likeness (QED) is 0.609. The average molecular weight is 300 g/mol. The molecule has 0 spiro atoms. The van der Waals surface area contributed by atoms with Gasteiger partial charge >= 0.3 is 0 Å². The predicted molar refractivity (Wildman–Crippen MR) is 85.6 cm³/mol. The van der Waals surface area contributed by atoms with Gasteiger partial charge in [0.2, 0.25) is 5.88 Å². The second-order valence-electron chi connectivity index (χ2n) is 6.35. The Bertz CT molecular complexity index is 701. The molecule has 0 fully saturated rings. The molecule has 0 bridgehead atoms. The molecule has 1 aromatic heterocycles. The van der Waals surface area contributed by atoms with Crippen molar-refractivity contribution in [3.05, 3.63) is 57.3 Å². The Balaban J connectivity index is 2.44. The monoisotopic (exact) mass is 300 g/mol. The zero-order valence-corrected chi connectivity index (χ0v) is 13.5. The lowest BCUT2D eigenvalue weighted by Gasteiger charge is -2.24. The van der Waals surface area contributed by atoms with E-state index in [4.69, 9.17) is 4.74 Å². The Morgan fingerprint density at radius 1 is 1.14 bits per heavy atom. The molecule has 0 radical (unpaired) electrons. The van der Waals surface area contributed by atoms with E-state index in [9.17, 15) is 10.1 Å². The summed E-state index contributed by atoms with van der Waals surface area (Å²) in [5.74, 6) is 1.12. The van der Waals surface area contributed by atoms with Gasteiger partial charge in [0.25, 0.3) is 5.69 Å². The van der Waals surface area contributed by atoms with Crippen LogP contribution in [0.15, 0.2) is 30.5 Å². The summed E-state index contributed by atoms with van der Waals surface area (Å²) in [5.41, 5.74) is 3.13. The molecule has 0 saturated heterocycles. The number of hydrogen-bond donors (Lipinski definition) is 0. The fourth-order valence-electron chi connectivity index (χ4n) is 2.16. The van der Waals surface area contributed by atoms with E-state index in [0.29, 0.717) is 5.88 Å². The lowest BCUT2D eigenvalue weighted by atomic mass is 9.84. The molecule has 1 heterocycles. The van der Waals surface area contributed by atoms with E-state index in [1.807, 2.05) is 13.8 Å². The van der Waals surface area contributed by atoms with Crippen LogP contribution >= 0.6 is 0 Å². The maximum atomic E-state index is 10.7. The van der Waals surface area contributed by atoms with Crippen molar-refractivity contribution in [1.82, 2.24) is 4.98 Å². The minimum Gasteiger partial charge on any atom is -0.438 e. The summed E-state index contributed by atoms with van der Waals surface area (Å²) in [4.78, 5) is 14.2. The van der Waals surface area contributed by atoms with Gasteiger partial charge in [-0.05, 0) is 30.4 Å². The van der Waals surface area contributed by atoms with Gasteiger partial charge in [0.05, 0.1) is 4.92 Å². The third-order valence-electron chi connectivity index (χ3n) is 3.62. The summed E-state index contributed by atoms with van der Waals surface area (Å²) in [6.07, 6.45) is 1.21. The van der Waals surface area contributed by atoms with Crippen molar-refractivity contribution in [2.24, 2.45) is 0 Å². The number of aromatic nitrogens is 1. The van der Waals surface area contributed by atoms with Crippen LogP contribution in [0, 0.1) is 24.0 Å². The lowest BCUT2D eigenvalue weighted by Crippen LogP contribution is -2.13. The number of aryl methyl sites for hydroxylation is 1. The van der Waals surface area contributed by atoms with Gasteiger partial charge in [-0.1, -0.05) is 32.9 Å². The molecule has 116 valence electrons. The third kappa shape index (κ3) is 3.24. The van der Waals surface area contributed by atoms with Gasteiger partial charge in [0.1, 0.15) is 11.9 Å². The minimum absolute atomic E-state index is 0.0515. The van der Waals surface area contributed by atoms with Gasteiger partial charge in [-0.25, -0.2) is 4.98 Å². The predicted octanol–water partition coefficient (Wildman–Crippen LogP) is 4.70. The zero-order chi connectivity index (χ0) is 16.5. The van der Waals surface area contributed by atoms with Gasteiger partial charge in [0.15, 0.2) is 0 Å². The molecular weight excluding hydrogens is 280 g/mol. The molecule has 22 heavy (non-hydrogen) atoms. The normalized spacial score (nSPS) is 11.3. The molecule has 0 aliphatic rings. The molecule has 0 saturated carbocycles. The second-order valence-corrected chi connectivity index (χ2v) is 6.35. The number of pyridine rings is 1. The summed E-state index contributed by atoms with van der Waals surface area (Å²) in [7, 11) is 0. The van der Waals surface area contributed by atoms with E-state index in [0.717, 1.165) is 22.4 Å². The number of rotatable bonds is 3. The summed E-state index contributed by atoms with van der Waals surface area (Å²) in [6, 6.07) is 7.05. The van der Waals surface area contributed by atoms with Crippen molar-refractivity contribution in [2.75, 3.05) is 0 Å². The number of ether oxygens (including phenoxy) is 1. The molecule has 0 amide bonds. The lowest BCUT2D eigenvalue weighted by molar-refractivity contribution is -0.385. The molecule has 0 N–H and O–H groups in total. The maximum absolute atomic E-state index is 10.7. The fourth-order valence-corrected chi connectivity index (χ4v) is 2.16. The molecule has 0 unspecified atom stereocenters. The topological polar surface area (TPSA) is 65.3 Å². The first-order chi connectivity index (χ1) is 10.2. The highest BCUT2D eigenvalue weighted by atomic mass is 16.6. The van der Waals surface area contributed by atoms with Crippen molar-refractivity contribution >= 4 is 5.69 Å². The molecule has 0 atom stereocenters. The van der Waals surface area contributed by atoms with E-state index < -0.39 is 4.92 Å². The molecule has 0 aliphatic carbocycles. The molecule has 5 heteroatoms. The van der Waals surface area contributed by atoms with Crippen molar-refractivity contribution in [3.8, 4) is 11.6 Å². The van der Waals surface area contributed by atoms with Crippen LogP contribution in [-0.4, -0.2) is 9.91 Å². The Hall–Kier alpha value is -2.43. The van der Waals surface area contributed by atoms with Crippen LogP contribution < -0.4 is 4.74 Å². The highest BCUT2D eigenvalue weighted by molar-refractivity contribution is 5.49. The van der Waals surface area contributed by atoms with Crippen LogP contribution in [0.5, 0.6) is 11.6 Å². The zero-order valence-electron chi connectivity index (χ0n) is 13.5. The number of hydrogen-bond acceptors (Lipinski definition) is 4. The molecule has 1 aromatic carbocycles. The Morgan fingerprint density at radius 2 is 1.82 bits per heavy atom. The summed E-state index contributed by atoms with van der Waals surface area (Å²) in [5, 5.41) is 10.7. The summed E-state index contributed by atoms with van der Waals surface area (Å²) < 4.78 is 5.95. The van der Waals surface area contributed by atoms with Crippen LogP contribution in [-0.2, 0) is 5.41 Å². The molecule has 5 nitrogen and oxygen atoms in total. The Morgan fingerprint density at radius 3 is 2.32 bits per heavy atom. The van der Waals surface area contributed by atoms with E-state index in [2.05, 4.69) is 37.9 Å². The third-order valence-corrected chi connectivity index (χ3v) is 3.62. The standard InChI is InChI=1S/C17H20N2O3/c1-11-6-8-14(17(3,4)5)16(12(11)2)22-15-9-7-13(10-18-15)19(20)21/h6-10H,1-5H3. The highest BCUT2D eigenvalue weighted by Crippen LogP contribution is 2.37. The largest absolute Gasteiger partial charge is 0.438 e. The molecular formula is C17H20N2O3. The van der Waals surface area contributed by atoms with Crippen LogP contribution in [0.3, 0.4) is 0 Å². The first-order valence-electron chi connectivity index (χ1n) is 7.09. The van der Waals surface area contributed by atoms with E-state index in [1.54, 1.807) is 0 Å². The summed E-state index contributed by atoms with van der Waals surface area (Å²) in [6.45, 7) is 10.4. The Kier molecular flexibility index (Phi) is 4.17. The second kappa shape index (κ2) is 5.75. The van der Waals surface area contributed by atoms with Crippen LogP contribution in [0.25, 0.3) is 0 Å². The van der Waals surface area contributed by atoms with Crippen molar-refractivity contribution in [1.29, 1.82) is 0 Å². The van der Waals surface area contributed by atoms with Crippen LogP contribution in [0.1, 0.15) is 37.5 Å². The van der Waals surface area contributed by atoms with Crippen LogP contribution in [0.4, 0.5) is 5.69 Å². The van der Waals surface area contributed by atoms with E-state index in [1.165, 1.54) is 18.3 Å². The average Bonchev–Trinajstić information content (AvgIpc) is 2.43.